The van der Waals surface area contributed by atoms with Crippen molar-refractivity contribution >= 4 is 45.5 Å². The summed E-state index contributed by atoms with van der Waals surface area (Å²) < 4.78 is 10.7. The summed E-state index contributed by atoms with van der Waals surface area (Å²) in [5, 5.41) is 2.04. The summed E-state index contributed by atoms with van der Waals surface area (Å²) in [4.78, 5) is 27.8. The lowest BCUT2D eigenvalue weighted by molar-refractivity contribution is 0.0990. The zero-order chi connectivity index (χ0) is 26.9. The minimum Gasteiger partial charge on any atom is -0.497 e. The number of Topliss-reactive ketones (excluding diaryl/α,β-unsaturated/α-hetero) is 2. The SMILES string of the molecule is COc1ccc(N(c2ccc(OC)cc2)c2ccc3cc(C=C4C(=O)c5ccccc5C4=O)ccc3c2)cc1. The van der Waals surface area contributed by atoms with Crippen LogP contribution in [0.15, 0.2) is 115 Å². The Labute approximate surface area is 226 Å². The fraction of sp³-hybridized carbons (Fsp3) is 0.0588. The smallest absolute Gasteiger partial charge is 0.197 e. The second-order valence-corrected chi connectivity index (χ2v) is 9.28. The fourth-order valence-corrected chi connectivity index (χ4v) is 4.96. The van der Waals surface area contributed by atoms with Gasteiger partial charge in [0.05, 0.1) is 19.8 Å². The van der Waals surface area contributed by atoms with Gasteiger partial charge in [0.15, 0.2) is 11.6 Å². The number of fused-ring (bicyclic) bond motifs is 2. The zero-order valence-corrected chi connectivity index (χ0v) is 21.5. The molecule has 0 amide bonds. The largest absolute Gasteiger partial charge is 0.497 e. The van der Waals surface area contributed by atoms with Gasteiger partial charge in [0.1, 0.15) is 11.5 Å². The molecule has 5 heteroatoms. The molecule has 0 atom stereocenters. The highest BCUT2D eigenvalue weighted by atomic mass is 16.5. The summed E-state index contributed by atoms with van der Waals surface area (Å²) in [5.41, 5.74) is 4.91. The number of carbonyl (C=O) groups is 2. The molecule has 0 saturated heterocycles. The number of hydrogen-bond donors (Lipinski definition) is 0. The summed E-state index contributed by atoms with van der Waals surface area (Å²) in [5.74, 6) is 1.13. The predicted molar refractivity (Wildman–Crippen MR) is 155 cm³/mol. The van der Waals surface area contributed by atoms with E-state index in [1.165, 1.54) is 0 Å². The fourth-order valence-electron chi connectivity index (χ4n) is 4.96. The summed E-state index contributed by atoms with van der Waals surface area (Å²) >= 11 is 0. The lowest BCUT2D eigenvalue weighted by atomic mass is 10.0. The first kappa shape index (κ1) is 24.2. The molecule has 0 heterocycles. The summed E-state index contributed by atoms with van der Waals surface area (Å²) in [6, 6.07) is 35.0. The molecular formula is C34H25NO4. The molecule has 0 radical (unpaired) electrons. The molecule has 1 aliphatic rings. The maximum Gasteiger partial charge on any atom is 0.197 e. The molecule has 0 spiro atoms. The molecule has 190 valence electrons. The summed E-state index contributed by atoms with van der Waals surface area (Å²) in [6.45, 7) is 0. The lowest BCUT2D eigenvalue weighted by Gasteiger charge is -2.26. The van der Waals surface area contributed by atoms with Crippen molar-refractivity contribution in [1.82, 2.24) is 0 Å². The Morgan fingerprint density at radius 1 is 0.564 bits per heavy atom. The second kappa shape index (κ2) is 9.95. The van der Waals surface area contributed by atoms with E-state index in [-0.39, 0.29) is 17.1 Å². The quantitative estimate of drug-likeness (QED) is 0.172. The Morgan fingerprint density at radius 3 is 1.59 bits per heavy atom. The van der Waals surface area contributed by atoms with Gasteiger partial charge < -0.3 is 14.4 Å². The van der Waals surface area contributed by atoms with Gasteiger partial charge in [-0.15, -0.1) is 0 Å². The number of ether oxygens (including phenoxy) is 2. The van der Waals surface area contributed by atoms with Gasteiger partial charge in [0, 0.05) is 28.2 Å². The number of rotatable bonds is 6. The molecule has 0 N–H and O–H groups in total. The van der Waals surface area contributed by atoms with E-state index in [1.54, 1.807) is 44.6 Å². The molecule has 6 rings (SSSR count). The second-order valence-electron chi connectivity index (χ2n) is 9.28. The maximum atomic E-state index is 12.8. The minimum absolute atomic E-state index is 0.206. The molecule has 5 aromatic rings. The number of benzene rings is 5. The van der Waals surface area contributed by atoms with Crippen LogP contribution < -0.4 is 14.4 Å². The highest BCUT2D eigenvalue weighted by Gasteiger charge is 2.32. The zero-order valence-electron chi connectivity index (χ0n) is 21.5. The Hall–Kier alpha value is -5.16. The molecule has 5 nitrogen and oxygen atoms in total. The lowest BCUT2D eigenvalue weighted by Crippen LogP contribution is -2.09. The number of methoxy groups -OCH3 is 2. The van der Waals surface area contributed by atoms with Crippen molar-refractivity contribution in [2.24, 2.45) is 0 Å². The van der Waals surface area contributed by atoms with Crippen LogP contribution in [0.5, 0.6) is 11.5 Å². The van der Waals surface area contributed by atoms with Gasteiger partial charge in [-0.3, -0.25) is 9.59 Å². The standard InChI is InChI=1S/C34H25NO4/c1-38-28-15-11-25(12-16-28)35(26-13-17-29(39-2)18-14-26)27-10-9-23-19-22(7-8-24(23)21-27)20-32-33(36)30-5-3-4-6-31(30)34(32)37/h3-21H,1-2H3. The van der Waals surface area contributed by atoms with Gasteiger partial charge in [-0.05, 0) is 89.1 Å². The molecule has 0 aromatic heterocycles. The summed E-state index contributed by atoms with van der Waals surface area (Å²) in [7, 11) is 3.31. The first-order valence-corrected chi connectivity index (χ1v) is 12.6. The third-order valence-electron chi connectivity index (χ3n) is 6.98. The van der Waals surface area contributed by atoms with Crippen molar-refractivity contribution in [2.45, 2.75) is 0 Å². The van der Waals surface area contributed by atoms with E-state index in [2.05, 4.69) is 23.1 Å². The topological polar surface area (TPSA) is 55.8 Å². The van der Waals surface area contributed by atoms with E-state index >= 15 is 0 Å². The maximum absolute atomic E-state index is 12.8. The van der Waals surface area contributed by atoms with Crippen LogP contribution in [0.4, 0.5) is 17.1 Å². The molecule has 39 heavy (non-hydrogen) atoms. The van der Waals surface area contributed by atoms with Crippen LogP contribution in [-0.2, 0) is 0 Å². The Morgan fingerprint density at radius 2 is 1.05 bits per heavy atom. The molecule has 5 aromatic carbocycles. The van der Waals surface area contributed by atoms with Crippen LogP contribution >= 0.6 is 0 Å². The van der Waals surface area contributed by atoms with E-state index in [0.29, 0.717) is 11.1 Å². The van der Waals surface area contributed by atoms with E-state index in [4.69, 9.17) is 9.47 Å². The van der Waals surface area contributed by atoms with Crippen molar-refractivity contribution in [1.29, 1.82) is 0 Å². The molecule has 0 aliphatic heterocycles. The van der Waals surface area contributed by atoms with Gasteiger partial charge >= 0.3 is 0 Å². The average Bonchev–Trinajstić information content (AvgIpc) is 3.23. The van der Waals surface area contributed by atoms with Crippen LogP contribution in [0, 0.1) is 0 Å². The molecule has 0 bridgehead atoms. The average molecular weight is 512 g/mol. The van der Waals surface area contributed by atoms with Crippen LogP contribution in [0.2, 0.25) is 0 Å². The van der Waals surface area contributed by atoms with Crippen molar-refractivity contribution in [3.63, 3.8) is 0 Å². The number of nitrogens with zero attached hydrogens (tertiary/aromatic N) is 1. The van der Waals surface area contributed by atoms with E-state index in [1.807, 2.05) is 66.7 Å². The van der Waals surface area contributed by atoms with E-state index in [9.17, 15) is 9.59 Å². The molecule has 0 saturated carbocycles. The minimum atomic E-state index is -0.222. The Balaban J connectivity index is 1.38. The molecule has 1 aliphatic carbocycles. The highest BCUT2D eigenvalue weighted by molar-refractivity contribution is 6.41. The van der Waals surface area contributed by atoms with Gasteiger partial charge in [0.2, 0.25) is 0 Å². The van der Waals surface area contributed by atoms with Crippen LogP contribution in [0.25, 0.3) is 16.8 Å². The number of ketones is 2. The van der Waals surface area contributed by atoms with Crippen molar-refractivity contribution in [3.05, 3.63) is 131 Å². The normalized spacial score (nSPS) is 12.4. The number of carbonyl (C=O) groups excluding carboxylic acids is 2. The number of hydrogen-bond acceptors (Lipinski definition) is 5. The Kier molecular flexibility index (Phi) is 6.17. The third kappa shape index (κ3) is 4.44. The van der Waals surface area contributed by atoms with Gasteiger partial charge in [-0.1, -0.05) is 42.5 Å². The molecular weight excluding hydrogens is 486 g/mol. The van der Waals surface area contributed by atoms with Gasteiger partial charge in [0.25, 0.3) is 0 Å². The number of anilines is 3. The number of allylic oxidation sites excluding steroid dienone is 1. The summed E-state index contributed by atoms with van der Waals surface area (Å²) in [6.07, 6.45) is 1.69. The van der Waals surface area contributed by atoms with E-state index < -0.39 is 0 Å². The van der Waals surface area contributed by atoms with Crippen LogP contribution in [0.3, 0.4) is 0 Å². The van der Waals surface area contributed by atoms with Crippen LogP contribution in [-0.4, -0.2) is 25.8 Å². The molecule has 0 fully saturated rings. The predicted octanol–water partition coefficient (Wildman–Crippen LogP) is 7.79. The molecule has 0 unspecified atom stereocenters. The van der Waals surface area contributed by atoms with Gasteiger partial charge in [-0.25, -0.2) is 0 Å². The highest BCUT2D eigenvalue weighted by Crippen LogP contribution is 2.38. The van der Waals surface area contributed by atoms with Crippen molar-refractivity contribution < 1.29 is 19.1 Å². The third-order valence-corrected chi connectivity index (χ3v) is 6.98. The Bertz CT molecular complexity index is 1670. The van der Waals surface area contributed by atoms with E-state index in [0.717, 1.165) is 44.9 Å². The monoisotopic (exact) mass is 511 g/mol. The van der Waals surface area contributed by atoms with Crippen LogP contribution in [0.1, 0.15) is 26.3 Å². The van der Waals surface area contributed by atoms with Gasteiger partial charge in [-0.2, -0.15) is 0 Å². The van der Waals surface area contributed by atoms with Crippen molar-refractivity contribution in [2.75, 3.05) is 19.1 Å². The first-order valence-electron chi connectivity index (χ1n) is 12.6. The first-order chi connectivity index (χ1) is 19.1. The van der Waals surface area contributed by atoms with Crippen molar-refractivity contribution in [3.8, 4) is 11.5 Å².